The number of hydrogen-bond donors (Lipinski definition) is 2. The summed E-state index contributed by atoms with van der Waals surface area (Å²) in [5, 5.41) is 11.1. The molecule has 5 heteroatoms. The maximum absolute atomic E-state index is 4.81. The fourth-order valence-electron chi connectivity index (χ4n) is 5.02. The molecule has 1 fully saturated rings. The first-order chi connectivity index (χ1) is 16.2. The first-order valence-electron chi connectivity index (χ1n) is 12.1. The van der Waals surface area contributed by atoms with Gasteiger partial charge in [-0.05, 0) is 66.6 Å². The van der Waals surface area contributed by atoms with Gasteiger partial charge in [-0.15, -0.1) is 0 Å². The lowest BCUT2D eigenvalue weighted by Gasteiger charge is -2.29. The van der Waals surface area contributed by atoms with Crippen LogP contribution in [-0.4, -0.2) is 36.6 Å². The third kappa shape index (κ3) is 4.93. The molecule has 0 saturated heterocycles. The molecule has 5 nitrogen and oxygen atoms in total. The fraction of sp³-hybridized carbons (Fsp3) is 0.357. The molecule has 2 N–H and O–H groups in total. The highest BCUT2D eigenvalue weighted by molar-refractivity contribution is 5.90. The summed E-state index contributed by atoms with van der Waals surface area (Å²) in [6, 6.07) is 23.9. The summed E-state index contributed by atoms with van der Waals surface area (Å²) in [5.74, 6) is 2.44. The Morgan fingerprint density at radius 1 is 0.818 bits per heavy atom. The summed E-state index contributed by atoms with van der Waals surface area (Å²) in [4.78, 5) is 11.7. The molecule has 170 valence electrons. The van der Waals surface area contributed by atoms with Crippen molar-refractivity contribution < 1.29 is 0 Å². The third-order valence-electron chi connectivity index (χ3n) is 6.82. The maximum atomic E-state index is 4.81. The Hall–Kier alpha value is -3.18. The number of para-hydroxylation sites is 1. The molecular weight excluding hydrogens is 406 g/mol. The van der Waals surface area contributed by atoms with Crippen LogP contribution < -0.4 is 15.5 Å². The highest BCUT2D eigenvalue weighted by Gasteiger charge is 2.22. The van der Waals surface area contributed by atoms with Crippen molar-refractivity contribution >= 4 is 33.4 Å². The van der Waals surface area contributed by atoms with E-state index >= 15 is 0 Å². The lowest BCUT2D eigenvalue weighted by atomic mass is 9.86. The zero-order valence-corrected chi connectivity index (χ0v) is 19.6. The second kappa shape index (κ2) is 9.75. The summed E-state index contributed by atoms with van der Waals surface area (Å²) in [6.45, 7) is 2.00. The quantitative estimate of drug-likeness (QED) is 0.392. The van der Waals surface area contributed by atoms with E-state index < -0.39 is 0 Å². The minimum absolute atomic E-state index is 0.440. The molecule has 0 bridgehead atoms. The van der Waals surface area contributed by atoms with Crippen LogP contribution in [0.2, 0.25) is 0 Å². The van der Waals surface area contributed by atoms with Gasteiger partial charge in [-0.25, -0.2) is 4.98 Å². The van der Waals surface area contributed by atoms with Crippen LogP contribution in [0, 0.1) is 5.92 Å². The van der Waals surface area contributed by atoms with Gasteiger partial charge in [0.25, 0.3) is 0 Å². The molecule has 1 heterocycles. The van der Waals surface area contributed by atoms with Crippen LogP contribution in [0.3, 0.4) is 0 Å². The maximum Gasteiger partial charge on any atom is 0.225 e. The molecular formula is C28H33N5. The average molecular weight is 440 g/mol. The van der Waals surface area contributed by atoms with E-state index in [1.54, 1.807) is 0 Å². The molecule has 4 aromatic rings. The van der Waals surface area contributed by atoms with Crippen LogP contribution in [0.15, 0.2) is 66.7 Å². The van der Waals surface area contributed by atoms with Gasteiger partial charge >= 0.3 is 0 Å². The predicted octanol–water partition coefficient (Wildman–Crippen LogP) is 5.61. The zero-order valence-electron chi connectivity index (χ0n) is 19.6. The lowest BCUT2D eigenvalue weighted by Crippen LogP contribution is -2.31. The Morgan fingerprint density at radius 2 is 1.55 bits per heavy atom. The van der Waals surface area contributed by atoms with Gasteiger partial charge in [0.15, 0.2) is 0 Å². The summed E-state index contributed by atoms with van der Waals surface area (Å²) in [5.41, 5.74) is 2.37. The van der Waals surface area contributed by atoms with Crippen molar-refractivity contribution in [3.63, 3.8) is 0 Å². The minimum atomic E-state index is 0.440. The van der Waals surface area contributed by atoms with Crippen LogP contribution in [0.25, 0.3) is 21.7 Å². The van der Waals surface area contributed by atoms with E-state index in [0.717, 1.165) is 54.5 Å². The van der Waals surface area contributed by atoms with Crippen LogP contribution in [0.4, 0.5) is 11.8 Å². The highest BCUT2D eigenvalue weighted by Crippen LogP contribution is 2.28. The van der Waals surface area contributed by atoms with E-state index in [2.05, 4.69) is 70.1 Å². The molecule has 3 aromatic carbocycles. The summed E-state index contributed by atoms with van der Waals surface area (Å²) in [7, 11) is 4.07. The fourth-order valence-corrected chi connectivity index (χ4v) is 5.02. The minimum Gasteiger partial charge on any atom is -0.362 e. The molecule has 0 radical (unpaired) electrons. The zero-order chi connectivity index (χ0) is 22.6. The van der Waals surface area contributed by atoms with Gasteiger partial charge in [0.2, 0.25) is 5.95 Å². The summed E-state index contributed by atoms with van der Waals surface area (Å²) in [6.07, 6.45) is 4.78. The third-order valence-corrected chi connectivity index (χ3v) is 6.82. The lowest BCUT2D eigenvalue weighted by molar-refractivity contribution is 0.324. The predicted molar refractivity (Wildman–Crippen MR) is 139 cm³/mol. The highest BCUT2D eigenvalue weighted by atomic mass is 15.2. The Kier molecular flexibility index (Phi) is 6.40. The topological polar surface area (TPSA) is 53.1 Å². The Labute approximate surface area is 196 Å². The number of rotatable bonds is 7. The van der Waals surface area contributed by atoms with E-state index in [1.807, 2.05) is 26.2 Å². The number of aromatic nitrogens is 2. The second-order valence-corrected chi connectivity index (χ2v) is 9.41. The van der Waals surface area contributed by atoms with Gasteiger partial charge in [0, 0.05) is 32.1 Å². The molecule has 5 rings (SSSR count). The smallest absolute Gasteiger partial charge is 0.225 e. The molecule has 0 spiro atoms. The molecule has 0 unspecified atom stereocenters. The van der Waals surface area contributed by atoms with Crippen molar-refractivity contribution in [3.8, 4) is 0 Å². The number of hydrogen-bond acceptors (Lipinski definition) is 5. The van der Waals surface area contributed by atoms with E-state index in [1.165, 1.54) is 29.2 Å². The molecule has 0 atom stereocenters. The van der Waals surface area contributed by atoms with Crippen molar-refractivity contribution in [1.82, 2.24) is 15.3 Å². The van der Waals surface area contributed by atoms with Gasteiger partial charge in [-0.3, -0.25) is 0 Å². The molecule has 0 aliphatic heterocycles. The normalized spacial score (nSPS) is 18.5. The number of nitrogens with one attached hydrogen (secondary N) is 2. The molecule has 33 heavy (non-hydrogen) atoms. The van der Waals surface area contributed by atoms with Crippen LogP contribution in [-0.2, 0) is 6.54 Å². The monoisotopic (exact) mass is 439 g/mol. The second-order valence-electron chi connectivity index (χ2n) is 9.41. The van der Waals surface area contributed by atoms with Crippen LogP contribution >= 0.6 is 0 Å². The summed E-state index contributed by atoms with van der Waals surface area (Å²) < 4.78 is 0. The molecule has 0 amide bonds. The number of fused-ring (bicyclic) bond motifs is 2. The standard InChI is InChI=1S/C28H33N5/c1-33(2)27-25-12-5-6-13-26(25)31-28(32-27)30-23-16-14-20(15-17-23)18-29-19-22-10-7-9-21-8-3-4-11-24(21)22/h3-13,20,23,29H,14-19H2,1-2H3,(H,30,31,32). The van der Waals surface area contributed by atoms with E-state index in [-0.39, 0.29) is 0 Å². The molecule has 1 aliphatic rings. The van der Waals surface area contributed by atoms with Gasteiger partial charge < -0.3 is 15.5 Å². The summed E-state index contributed by atoms with van der Waals surface area (Å²) >= 11 is 0. The van der Waals surface area contributed by atoms with Gasteiger partial charge in [0.05, 0.1) is 5.52 Å². The number of nitrogens with zero attached hydrogens (tertiary/aromatic N) is 3. The van der Waals surface area contributed by atoms with E-state index in [9.17, 15) is 0 Å². The van der Waals surface area contributed by atoms with Crippen LogP contribution in [0.5, 0.6) is 0 Å². The number of anilines is 2. The van der Waals surface area contributed by atoms with Crippen molar-refractivity contribution in [3.05, 3.63) is 72.3 Å². The van der Waals surface area contributed by atoms with Crippen molar-refractivity contribution in [2.75, 3.05) is 30.9 Å². The van der Waals surface area contributed by atoms with Crippen LogP contribution in [0.1, 0.15) is 31.2 Å². The van der Waals surface area contributed by atoms with Crippen molar-refractivity contribution in [1.29, 1.82) is 0 Å². The van der Waals surface area contributed by atoms with Gasteiger partial charge in [-0.1, -0.05) is 54.6 Å². The van der Waals surface area contributed by atoms with Gasteiger partial charge in [-0.2, -0.15) is 4.98 Å². The van der Waals surface area contributed by atoms with Gasteiger partial charge in [0.1, 0.15) is 5.82 Å². The largest absolute Gasteiger partial charge is 0.362 e. The van der Waals surface area contributed by atoms with Crippen molar-refractivity contribution in [2.24, 2.45) is 5.92 Å². The first-order valence-corrected chi connectivity index (χ1v) is 12.1. The molecule has 1 saturated carbocycles. The first kappa shape index (κ1) is 21.7. The Bertz CT molecular complexity index is 1220. The van der Waals surface area contributed by atoms with E-state index in [4.69, 9.17) is 9.97 Å². The van der Waals surface area contributed by atoms with E-state index in [0.29, 0.717) is 6.04 Å². The molecule has 1 aliphatic carbocycles. The molecule has 1 aromatic heterocycles. The SMILES string of the molecule is CN(C)c1nc(NC2CCC(CNCc3cccc4ccccc34)CC2)nc2ccccc12. The van der Waals surface area contributed by atoms with Crippen molar-refractivity contribution in [2.45, 2.75) is 38.3 Å². The Morgan fingerprint density at radius 3 is 2.36 bits per heavy atom. The average Bonchev–Trinajstić information content (AvgIpc) is 2.85. The number of benzene rings is 3. The Balaban J connectivity index is 1.15.